The lowest BCUT2D eigenvalue weighted by Gasteiger charge is -2.09. The Labute approximate surface area is 105 Å². The van der Waals surface area contributed by atoms with Crippen LogP contribution in [0.3, 0.4) is 0 Å². The number of methoxy groups -OCH3 is 1. The number of aromatic nitrogens is 2. The summed E-state index contributed by atoms with van der Waals surface area (Å²) in [6, 6.07) is 3.73. The van der Waals surface area contributed by atoms with E-state index in [2.05, 4.69) is 9.97 Å². The number of hydrogen-bond acceptors (Lipinski definition) is 5. The van der Waals surface area contributed by atoms with Gasteiger partial charge in [0.2, 0.25) is 5.88 Å². The van der Waals surface area contributed by atoms with Crippen LogP contribution in [0.5, 0.6) is 11.6 Å². The molecule has 0 amide bonds. The molecule has 0 saturated heterocycles. The van der Waals surface area contributed by atoms with Gasteiger partial charge < -0.3 is 15.2 Å². The monoisotopic (exact) mass is 245 g/mol. The predicted molar refractivity (Wildman–Crippen MR) is 68.0 cm³/mol. The van der Waals surface area contributed by atoms with Gasteiger partial charge >= 0.3 is 0 Å². The average molecular weight is 245 g/mol. The molecule has 1 aliphatic heterocycles. The Bertz CT molecular complexity index is 584. The molecule has 5 heteroatoms. The molecule has 5 nitrogen and oxygen atoms in total. The summed E-state index contributed by atoms with van der Waals surface area (Å²) in [6.07, 6.45) is 2.66. The normalized spacial score (nSPS) is 17.6. The Balaban J connectivity index is 2.19. The molecule has 0 aromatic carbocycles. The first-order chi connectivity index (χ1) is 8.83. The van der Waals surface area contributed by atoms with Crippen molar-refractivity contribution in [1.29, 1.82) is 0 Å². The van der Waals surface area contributed by atoms with Crippen LogP contribution in [0, 0.1) is 0 Å². The maximum absolute atomic E-state index is 5.65. The minimum absolute atomic E-state index is 0.301. The fraction of sp³-hybridized carbons (Fsp3) is 0.385. The van der Waals surface area contributed by atoms with Crippen molar-refractivity contribution in [2.45, 2.75) is 12.3 Å². The molecule has 1 aliphatic rings. The summed E-state index contributed by atoms with van der Waals surface area (Å²) in [5.74, 6) is 1.72. The van der Waals surface area contributed by atoms with Crippen LogP contribution in [0.25, 0.3) is 11.0 Å². The van der Waals surface area contributed by atoms with Crippen LogP contribution >= 0.6 is 0 Å². The molecule has 2 aromatic rings. The molecule has 3 rings (SSSR count). The van der Waals surface area contributed by atoms with Crippen molar-refractivity contribution in [1.82, 2.24) is 9.97 Å². The van der Waals surface area contributed by atoms with Gasteiger partial charge in [-0.05, 0) is 19.0 Å². The van der Waals surface area contributed by atoms with Gasteiger partial charge in [0.25, 0.3) is 0 Å². The summed E-state index contributed by atoms with van der Waals surface area (Å²) in [5.41, 5.74) is 8.49. The molecule has 2 N–H and O–H groups in total. The summed E-state index contributed by atoms with van der Waals surface area (Å²) in [5, 5.41) is 0. The van der Waals surface area contributed by atoms with E-state index >= 15 is 0 Å². The van der Waals surface area contributed by atoms with E-state index in [-0.39, 0.29) is 0 Å². The average Bonchev–Trinajstić information content (AvgIpc) is 2.82. The van der Waals surface area contributed by atoms with Gasteiger partial charge in [0, 0.05) is 17.5 Å². The van der Waals surface area contributed by atoms with Crippen LogP contribution in [0.1, 0.15) is 17.9 Å². The summed E-state index contributed by atoms with van der Waals surface area (Å²) in [7, 11) is 1.61. The van der Waals surface area contributed by atoms with E-state index in [9.17, 15) is 0 Å². The Kier molecular flexibility index (Phi) is 2.76. The highest BCUT2D eigenvalue weighted by molar-refractivity contribution is 5.81. The number of nitrogens with two attached hydrogens (primary N) is 1. The lowest BCUT2D eigenvalue weighted by molar-refractivity contribution is 0.325. The Morgan fingerprint density at radius 1 is 1.50 bits per heavy atom. The standard InChI is InChI=1S/C13H15N3O2/c1-17-11-3-2-9-13(16-11)12-8(4-5-14)7-18-10(12)6-15-9/h2-3,6,8H,4-5,7,14H2,1H3. The minimum Gasteiger partial charge on any atom is -0.491 e. The van der Waals surface area contributed by atoms with Crippen molar-refractivity contribution in [3.63, 3.8) is 0 Å². The summed E-state index contributed by atoms with van der Waals surface area (Å²) >= 11 is 0. The molecule has 94 valence electrons. The van der Waals surface area contributed by atoms with E-state index in [1.807, 2.05) is 12.1 Å². The van der Waals surface area contributed by atoms with Crippen LogP contribution in [-0.4, -0.2) is 30.2 Å². The molecule has 3 heterocycles. The zero-order chi connectivity index (χ0) is 12.5. The van der Waals surface area contributed by atoms with Crippen LogP contribution in [0.2, 0.25) is 0 Å². The van der Waals surface area contributed by atoms with Crippen molar-refractivity contribution in [3.8, 4) is 11.6 Å². The van der Waals surface area contributed by atoms with Crippen molar-refractivity contribution < 1.29 is 9.47 Å². The third kappa shape index (κ3) is 1.67. The highest BCUT2D eigenvalue weighted by Gasteiger charge is 2.27. The number of hydrogen-bond donors (Lipinski definition) is 1. The second-order valence-corrected chi connectivity index (χ2v) is 4.34. The second kappa shape index (κ2) is 4.42. The molecule has 0 spiro atoms. The van der Waals surface area contributed by atoms with Gasteiger partial charge in [0.05, 0.1) is 25.4 Å². The van der Waals surface area contributed by atoms with Gasteiger partial charge in [-0.25, -0.2) is 4.98 Å². The van der Waals surface area contributed by atoms with Crippen molar-refractivity contribution in [2.75, 3.05) is 20.3 Å². The molecule has 0 radical (unpaired) electrons. The van der Waals surface area contributed by atoms with Gasteiger partial charge in [-0.2, -0.15) is 0 Å². The van der Waals surface area contributed by atoms with Crippen LogP contribution in [0.15, 0.2) is 18.3 Å². The summed E-state index contributed by atoms with van der Waals surface area (Å²) in [4.78, 5) is 8.84. The molecule has 1 atom stereocenters. The maximum Gasteiger partial charge on any atom is 0.213 e. The smallest absolute Gasteiger partial charge is 0.213 e. The molecule has 0 saturated carbocycles. The highest BCUT2D eigenvalue weighted by atomic mass is 16.5. The van der Waals surface area contributed by atoms with Gasteiger partial charge in [0.15, 0.2) is 0 Å². The maximum atomic E-state index is 5.65. The predicted octanol–water partition coefficient (Wildman–Crippen LogP) is 1.46. The van der Waals surface area contributed by atoms with E-state index in [1.54, 1.807) is 13.3 Å². The minimum atomic E-state index is 0.301. The number of pyridine rings is 2. The van der Waals surface area contributed by atoms with Crippen molar-refractivity contribution in [3.05, 3.63) is 23.9 Å². The Morgan fingerprint density at radius 2 is 2.39 bits per heavy atom. The van der Waals surface area contributed by atoms with Gasteiger partial charge in [-0.15, -0.1) is 0 Å². The van der Waals surface area contributed by atoms with E-state index < -0.39 is 0 Å². The molecular formula is C13H15N3O2. The molecule has 0 fully saturated rings. The molecule has 2 aromatic heterocycles. The van der Waals surface area contributed by atoms with E-state index in [0.29, 0.717) is 24.9 Å². The number of nitrogens with zero attached hydrogens (tertiary/aromatic N) is 2. The van der Waals surface area contributed by atoms with E-state index in [4.69, 9.17) is 15.2 Å². The van der Waals surface area contributed by atoms with Gasteiger partial charge in [0.1, 0.15) is 11.3 Å². The fourth-order valence-corrected chi connectivity index (χ4v) is 2.38. The van der Waals surface area contributed by atoms with Crippen molar-refractivity contribution >= 4 is 11.0 Å². The molecular weight excluding hydrogens is 230 g/mol. The lowest BCUT2D eigenvalue weighted by Crippen LogP contribution is -2.09. The Hall–Kier alpha value is -1.88. The first-order valence-electron chi connectivity index (χ1n) is 6.00. The Morgan fingerprint density at radius 3 is 3.17 bits per heavy atom. The van der Waals surface area contributed by atoms with Gasteiger partial charge in [-0.3, -0.25) is 4.98 Å². The zero-order valence-corrected chi connectivity index (χ0v) is 10.2. The first kappa shape index (κ1) is 11.2. The largest absolute Gasteiger partial charge is 0.491 e. The fourth-order valence-electron chi connectivity index (χ4n) is 2.38. The third-order valence-corrected chi connectivity index (χ3v) is 3.26. The third-order valence-electron chi connectivity index (χ3n) is 3.26. The van der Waals surface area contributed by atoms with Gasteiger partial charge in [-0.1, -0.05) is 0 Å². The number of rotatable bonds is 3. The van der Waals surface area contributed by atoms with Crippen LogP contribution in [0.4, 0.5) is 0 Å². The summed E-state index contributed by atoms with van der Waals surface area (Å²) in [6.45, 7) is 1.30. The second-order valence-electron chi connectivity index (χ2n) is 4.34. The molecule has 0 aliphatic carbocycles. The van der Waals surface area contributed by atoms with E-state index in [1.165, 1.54) is 0 Å². The topological polar surface area (TPSA) is 70.3 Å². The molecule has 1 unspecified atom stereocenters. The lowest BCUT2D eigenvalue weighted by atomic mass is 9.97. The number of ether oxygens (including phenoxy) is 2. The number of fused-ring (bicyclic) bond motifs is 3. The molecule has 18 heavy (non-hydrogen) atoms. The van der Waals surface area contributed by atoms with Crippen LogP contribution < -0.4 is 15.2 Å². The first-order valence-corrected chi connectivity index (χ1v) is 6.00. The van der Waals surface area contributed by atoms with E-state index in [0.717, 1.165) is 28.8 Å². The van der Waals surface area contributed by atoms with Crippen LogP contribution in [-0.2, 0) is 0 Å². The highest BCUT2D eigenvalue weighted by Crippen LogP contribution is 2.39. The van der Waals surface area contributed by atoms with Crippen molar-refractivity contribution in [2.24, 2.45) is 5.73 Å². The molecule has 0 bridgehead atoms. The quantitative estimate of drug-likeness (QED) is 0.886. The summed E-state index contributed by atoms with van der Waals surface area (Å²) < 4.78 is 10.8. The SMILES string of the molecule is COc1ccc2ncc3c(c2n1)C(CCN)CO3. The zero-order valence-electron chi connectivity index (χ0n) is 10.2.